The second kappa shape index (κ2) is 17.5. The summed E-state index contributed by atoms with van der Waals surface area (Å²) in [5, 5.41) is 40.5. The third-order valence-electron chi connectivity index (χ3n) is 10.6. The van der Waals surface area contributed by atoms with Gasteiger partial charge in [-0.1, -0.05) is 13.8 Å². The van der Waals surface area contributed by atoms with Gasteiger partial charge in [0.05, 0.1) is 0 Å². The van der Waals surface area contributed by atoms with Crippen molar-refractivity contribution in [3.63, 3.8) is 0 Å². The zero-order chi connectivity index (χ0) is 40.7. The topological polar surface area (TPSA) is 186 Å². The molecular formula is C39H62N6O8. The van der Waals surface area contributed by atoms with Crippen molar-refractivity contribution in [2.45, 2.75) is 117 Å². The highest BCUT2D eigenvalue weighted by Gasteiger charge is 2.42. The molecule has 6 N–H and O–H groups in total. The Hall–Kier alpha value is -4.56. The van der Waals surface area contributed by atoms with E-state index in [0.29, 0.717) is 22.2 Å². The van der Waals surface area contributed by atoms with Crippen molar-refractivity contribution in [3.05, 3.63) is 48.5 Å². The number of likely N-dealkylation sites (tertiary alicyclic amines) is 2. The van der Waals surface area contributed by atoms with Gasteiger partial charge in [0, 0.05) is 44.9 Å². The number of benzene rings is 2. The summed E-state index contributed by atoms with van der Waals surface area (Å²) in [6.45, 7) is 23.0. The lowest BCUT2D eigenvalue weighted by atomic mass is 9.75. The molecule has 4 rings (SSSR count). The fourth-order valence-electron chi connectivity index (χ4n) is 8.08. The number of piperidine rings is 2. The fraction of sp³-hybridized carbons (Fsp3) is 0.590. The Balaban J connectivity index is 0.000000330. The van der Waals surface area contributed by atoms with Gasteiger partial charge in [-0.2, -0.15) is 0 Å². The molecule has 0 saturated carbocycles. The number of hydrogen-bond acceptors (Lipinski definition) is 6. The zero-order valence-corrected chi connectivity index (χ0v) is 33.5. The minimum absolute atomic E-state index is 0.115. The molecule has 2 aliphatic heterocycles. The van der Waals surface area contributed by atoms with Crippen molar-refractivity contribution >= 4 is 47.1 Å². The van der Waals surface area contributed by atoms with E-state index in [-0.39, 0.29) is 22.7 Å². The maximum Gasteiger partial charge on any atom is 0.413 e. The lowest BCUT2D eigenvalue weighted by Gasteiger charge is -2.53. The van der Waals surface area contributed by atoms with Crippen LogP contribution < -0.4 is 20.4 Å². The Bertz CT molecular complexity index is 1410. The average molecular weight is 743 g/mol. The Morgan fingerprint density at radius 1 is 0.566 bits per heavy atom. The minimum atomic E-state index is -1.43. The summed E-state index contributed by atoms with van der Waals surface area (Å²) in [4.78, 5) is 51.1. The lowest BCUT2D eigenvalue weighted by Crippen LogP contribution is -2.58. The van der Waals surface area contributed by atoms with E-state index in [9.17, 15) is 29.4 Å². The van der Waals surface area contributed by atoms with Gasteiger partial charge in [0.15, 0.2) is 0 Å². The summed E-state index contributed by atoms with van der Waals surface area (Å²) in [5.74, 6) is 1.73. The van der Waals surface area contributed by atoms with Crippen LogP contribution in [0.5, 0.6) is 0 Å². The van der Waals surface area contributed by atoms with E-state index >= 15 is 0 Å². The number of anilines is 4. The summed E-state index contributed by atoms with van der Waals surface area (Å²) in [5.41, 5.74) is 2.16. The first-order valence-corrected chi connectivity index (χ1v) is 17.9. The maximum absolute atomic E-state index is 11.6. The smallest absolute Gasteiger partial charge is 0.413 e. The molecule has 4 amide bonds. The third-order valence-corrected chi connectivity index (χ3v) is 10.6. The van der Waals surface area contributed by atoms with Crippen LogP contribution in [0.15, 0.2) is 48.5 Å². The van der Waals surface area contributed by atoms with E-state index in [4.69, 9.17) is 10.2 Å². The molecule has 296 valence electrons. The van der Waals surface area contributed by atoms with E-state index in [1.807, 2.05) is 0 Å². The molecule has 2 aromatic rings. The van der Waals surface area contributed by atoms with Crippen LogP contribution >= 0.6 is 0 Å². The quantitative estimate of drug-likeness (QED) is 0.156. The molecule has 2 heterocycles. The molecule has 0 spiro atoms. The first-order chi connectivity index (χ1) is 24.2. The highest BCUT2D eigenvalue weighted by atomic mass is 16.4. The largest absolute Gasteiger partial charge is 0.465 e. The molecule has 2 saturated heterocycles. The Kier molecular flexibility index (Phi) is 14.7. The normalized spacial score (nSPS) is 19.2. The van der Waals surface area contributed by atoms with Crippen LogP contribution in [0.1, 0.15) is 94.9 Å². The molecule has 2 fully saturated rings. The highest BCUT2D eigenvalue weighted by Crippen LogP contribution is 2.40. The Morgan fingerprint density at radius 2 is 0.811 bits per heavy atom. The van der Waals surface area contributed by atoms with Gasteiger partial charge in [0.1, 0.15) is 6.67 Å². The molecule has 2 aromatic carbocycles. The average Bonchev–Trinajstić information content (AvgIpc) is 2.99. The van der Waals surface area contributed by atoms with Crippen molar-refractivity contribution in [1.29, 1.82) is 0 Å². The summed E-state index contributed by atoms with van der Waals surface area (Å²) in [6.07, 6.45) is -0.130. The predicted molar refractivity (Wildman–Crippen MR) is 211 cm³/mol. The first kappa shape index (κ1) is 44.6. The van der Waals surface area contributed by atoms with Crippen molar-refractivity contribution in [3.8, 4) is 0 Å². The number of carboxylic acid groups (broad SMARTS) is 4. The molecule has 0 atom stereocenters. The number of hydrogen-bond donors (Lipinski definition) is 6. The van der Waals surface area contributed by atoms with Gasteiger partial charge in [-0.25, -0.2) is 19.2 Å². The summed E-state index contributed by atoms with van der Waals surface area (Å²) in [7, 11) is 4.51. The van der Waals surface area contributed by atoms with Crippen LogP contribution in [0.3, 0.4) is 0 Å². The fourth-order valence-corrected chi connectivity index (χ4v) is 8.08. The van der Waals surface area contributed by atoms with Crippen molar-refractivity contribution in [2.24, 2.45) is 11.8 Å². The zero-order valence-electron chi connectivity index (χ0n) is 33.5. The second-order valence-electron chi connectivity index (χ2n) is 16.9. The molecule has 0 aliphatic carbocycles. The van der Waals surface area contributed by atoms with Crippen LogP contribution in [-0.4, -0.2) is 97.5 Å². The second-order valence-corrected chi connectivity index (χ2v) is 16.9. The monoisotopic (exact) mass is 742 g/mol. The van der Waals surface area contributed by atoms with Gasteiger partial charge in [-0.05, 0) is 156 Å². The van der Waals surface area contributed by atoms with Gasteiger partial charge in [-0.15, -0.1) is 0 Å². The van der Waals surface area contributed by atoms with Crippen LogP contribution in [0, 0.1) is 11.8 Å². The van der Waals surface area contributed by atoms with Gasteiger partial charge in [0.2, 0.25) is 0 Å². The predicted octanol–water partition coefficient (Wildman–Crippen LogP) is 9.30. The van der Waals surface area contributed by atoms with E-state index in [1.165, 1.54) is 74.2 Å². The van der Waals surface area contributed by atoms with Crippen molar-refractivity contribution < 1.29 is 39.6 Å². The van der Waals surface area contributed by atoms with Crippen molar-refractivity contribution in [1.82, 2.24) is 9.80 Å². The van der Waals surface area contributed by atoms with Crippen molar-refractivity contribution in [2.75, 3.05) is 41.2 Å². The molecule has 14 heteroatoms. The maximum atomic E-state index is 11.6. The van der Waals surface area contributed by atoms with Gasteiger partial charge < -0.3 is 20.4 Å². The molecular weight excluding hydrogens is 680 g/mol. The van der Waals surface area contributed by atoms with Gasteiger partial charge in [-0.3, -0.25) is 30.2 Å². The SMILES string of the molecule is CC1CC(C)(C)N(C)C(C)(C)C1.CC1CC(C)(C)N(C)C(C)(C)C1.O=C(O)Nc1ccc(N(CN(C(=O)O)c2ccc(NC(=O)O)cc2)C(=O)O)cc1. The standard InChI is InChI=1S/C17H16N4O8.2C11H23N/c22-14(23)18-10-1-5-12(6-2-10)20(16(26)27)9-21(17(28)29)13-7-3-11(4-8-13)19-15(24)25;2*1-9-7-10(2,3)12(6)11(4,5)8-9/h1-8,18-19H,9H2,(H,22,23)(H,24,25)(H,26,27)(H,28,29);2*9H,7-8H2,1-6H3. The number of nitrogens with one attached hydrogen (secondary N) is 2. The van der Waals surface area contributed by atoms with E-state index < -0.39 is 31.0 Å². The van der Waals surface area contributed by atoms with Crippen LogP contribution in [0.4, 0.5) is 41.9 Å². The first-order valence-electron chi connectivity index (χ1n) is 17.9. The number of carbonyl (C=O) groups is 4. The van der Waals surface area contributed by atoms with Crippen LogP contribution in [0.25, 0.3) is 0 Å². The van der Waals surface area contributed by atoms with E-state index in [0.717, 1.165) is 21.6 Å². The summed E-state index contributed by atoms with van der Waals surface area (Å²) >= 11 is 0. The lowest BCUT2D eigenvalue weighted by molar-refractivity contribution is -0.0258. The van der Waals surface area contributed by atoms with Gasteiger partial charge in [0.25, 0.3) is 0 Å². The molecule has 14 nitrogen and oxygen atoms in total. The van der Waals surface area contributed by atoms with E-state index in [2.05, 4.69) is 104 Å². The van der Waals surface area contributed by atoms with Gasteiger partial charge >= 0.3 is 24.4 Å². The molecule has 53 heavy (non-hydrogen) atoms. The minimum Gasteiger partial charge on any atom is -0.465 e. The molecule has 2 aliphatic rings. The van der Waals surface area contributed by atoms with Crippen LogP contribution in [0.2, 0.25) is 0 Å². The molecule has 0 radical (unpaired) electrons. The number of amides is 4. The number of rotatable bonds is 6. The van der Waals surface area contributed by atoms with Crippen LogP contribution in [-0.2, 0) is 0 Å². The molecule has 0 unspecified atom stereocenters. The molecule has 0 aromatic heterocycles. The van der Waals surface area contributed by atoms with E-state index in [1.54, 1.807) is 0 Å². The Labute approximate surface area is 314 Å². The summed E-state index contributed by atoms with van der Waals surface area (Å²) in [6, 6.07) is 10.6. The summed E-state index contributed by atoms with van der Waals surface area (Å²) < 4.78 is 0. The molecule has 0 bridgehead atoms. The number of nitrogens with zero attached hydrogens (tertiary/aromatic N) is 4. The highest BCUT2D eigenvalue weighted by molar-refractivity contribution is 5.92. The Morgan fingerprint density at radius 3 is 1.02 bits per heavy atom. The third kappa shape index (κ3) is 12.8.